The Morgan fingerprint density at radius 1 is 0.773 bits per heavy atom. The molecular weight excluding hydrogens is 290 g/mol. The lowest BCUT2D eigenvalue weighted by Crippen LogP contribution is -1.86. The standard InChI is InChI=1S/C19H13NOS/c20-13-22-16-11-17(14-7-3-1-4-8-14)19(21)18(12-16)15-9-5-2-6-10-15/h1-12,21H. The average Bonchev–Trinajstić information content (AvgIpc) is 2.58. The lowest BCUT2D eigenvalue weighted by atomic mass is 9.97. The summed E-state index contributed by atoms with van der Waals surface area (Å²) in [6.07, 6.45) is 0. The molecule has 0 unspecified atom stereocenters. The molecule has 2 nitrogen and oxygen atoms in total. The Balaban J connectivity index is 2.23. The van der Waals surface area contributed by atoms with Crippen LogP contribution in [0.25, 0.3) is 22.3 Å². The highest BCUT2D eigenvalue weighted by molar-refractivity contribution is 8.03. The Morgan fingerprint density at radius 3 is 1.64 bits per heavy atom. The Bertz CT molecular complexity index is 763. The lowest BCUT2D eigenvalue weighted by Gasteiger charge is -2.12. The number of nitrogens with zero attached hydrogens (tertiary/aromatic N) is 1. The number of hydrogen-bond donors (Lipinski definition) is 1. The molecule has 106 valence electrons. The quantitative estimate of drug-likeness (QED) is 0.527. The summed E-state index contributed by atoms with van der Waals surface area (Å²) < 4.78 is 0. The van der Waals surface area contributed by atoms with Crippen LogP contribution in [-0.2, 0) is 0 Å². The molecule has 3 aromatic rings. The summed E-state index contributed by atoms with van der Waals surface area (Å²) in [4.78, 5) is 0.818. The fourth-order valence-corrected chi connectivity index (χ4v) is 2.85. The fraction of sp³-hybridized carbons (Fsp3) is 0. The number of benzene rings is 3. The molecule has 0 bridgehead atoms. The Kier molecular flexibility index (Phi) is 4.13. The summed E-state index contributed by atoms with van der Waals surface area (Å²) in [6.45, 7) is 0. The van der Waals surface area contributed by atoms with E-state index in [1.807, 2.05) is 72.8 Å². The maximum absolute atomic E-state index is 10.7. The number of aromatic hydroxyl groups is 1. The Morgan fingerprint density at radius 2 is 1.23 bits per heavy atom. The van der Waals surface area contributed by atoms with Crippen LogP contribution in [0.1, 0.15) is 0 Å². The molecular formula is C19H13NOS. The SMILES string of the molecule is N#CSc1cc(-c2ccccc2)c(O)c(-c2ccccc2)c1. The van der Waals surface area contributed by atoms with Crippen LogP contribution in [0.3, 0.4) is 0 Å². The van der Waals surface area contributed by atoms with Crippen molar-refractivity contribution in [1.29, 1.82) is 5.26 Å². The van der Waals surface area contributed by atoms with Crippen molar-refractivity contribution in [3.8, 4) is 33.4 Å². The first-order valence-electron chi connectivity index (χ1n) is 6.83. The zero-order chi connectivity index (χ0) is 15.4. The second-order valence-corrected chi connectivity index (χ2v) is 5.65. The van der Waals surface area contributed by atoms with Gasteiger partial charge in [-0.25, -0.2) is 0 Å². The van der Waals surface area contributed by atoms with E-state index in [4.69, 9.17) is 5.26 Å². The van der Waals surface area contributed by atoms with Gasteiger partial charge in [0.15, 0.2) is 0 Å². The van der Waals surface area contributed by atoms with Gasteiger partial charge in [0.05, 0.1) is 0 Å². The molecule has 0 amide bonds. The molecule has 3 aromatic carbocycles. The molecule has 0 spiro atoms. The van der Waals surface area contributed by atoms with E-state index in [0.29, 0.717) is 0 Å². The van der Waals surface area contributed by atoms with E-state index in [1.165, 1.54) is 0 Å². The number of hydrogen-bond acceptors (Lipinski definition) is 3. The second-order valence-electron chi connectivity index (χ2n) is 4.79. The van der Waals surface area contributed by atoms with Crippen LogP contribution in [-0.4, -0.2) is 5.11 Å². The molecule has 0 aliphatic heterocycles. The molecule has 0 aliphatic rings. The van der Waals surface area contributed by atoms with Gasteiger partial charge in [-0.15, -0.1) is 0 Å². The predicted molar refractivity (Wildman–Crippen MR) is 90.4 cm³/mol. The van der Waals surface area contributed by atoms with Gasteiger partial charge in [0.1, 0.15) is 11.2 Å². The number of nitriles is 1. The van der Waals surface area contributed by atoms with Crippen LogP contribution < -0.4 is 0 Å². The van der Waals surface area contributed by atoms with Crippen LogP contribution in [0.2, 0.25) is 0 Å². The van der Waals surface area contributed by atoms with Crippen molar-refractivity contribution < 1.29 is 5.11 Å². The molecule has 3 rings (SSSR count). The average molecular weight is 303 g/mol. The zero-order valence-electron chi connectivity index (χ0n) is 11.7. The summed E-state index contributed by atoms with van der Waals surface area (Å²) in [5.74, 6) is 0.236. The molecule has 0 aliphatic carbocycles. The van der Waals surface area contributed by atoms with Crippen molar-refractivity contribution >= 4 is 11.8 Å². The second kappa shape index (κ2) is 6.38. The molecule has 0 saturated carbocycles. The first kappa shape index (κ1) is 14.2. The van der Waals surface area contributed by atoms with Crippen molar-refractivity contribution in [1.82, 2.24) is 0 Å². The summed E-state index contributed by atoms with van der Waals surface area (Å²) in [5, 5.41) is 21.8. The normalized spacial score (nSPS) is 10.1. The van der Waals surface area contributed by atoms with Crippen molar-refractivity contribution in [3.05, 3.63) is 72.8 Å². The molecule has 0 heterocycles. The van der Waals surface area contributed by atoms with Crippen molar-refractivity contribution in [2.75, 3.05) is 0 Å². The van der Waals surface area contributed by atoms with E-state index in [-0.39, 0.29) is 5.75 Å². The Hall–Kier alpha value is -2.70. The molecule has 1 N–H and O–H groups in total. The minimum atomic E-state index is 0.236. The number of phenols is 1. The van der Waals surface area contributed by atoms with Crippen molar-refractivity contribution in [2.45, 2.75) is 4.90 Å². The molecule has 0 atom stereocenters. The topological polar surface area (TPSA) is 44.0 Å². The van der Waals surface area contributed by atoms with Gasteiger partial charge in [0.25, 0.3) is 0 Å². The van der Waals surface area contributed by atoms with Gasteiger partial charge >= 0.3 is 0 Å². The molecule has 0 radical (unpaired) electrons. The van der Waals surface area contributed by atoms with E-state index in [1.54, 1.807) is 0 Å². The van der Waals surface area contributed by atoms with Gasteiger partial charge in [0.2, 0.25) is 0 Å². The van der Waals surface area contributed by atoms with Crippen molar-refractivity contribution in [2.24, 2.45) is 0 Å². The van der Waals surface area contributed by atoms with Crippen LogP contribution in [0.15, 0.2) is 77.7 Å². The molecule has 0 saturated heterocycles. The van der Waals surface area contributed by atoms with E-state index >= 15 is 0 Å². The predicted octanol–water partition coefficient (Wildman–Crippen LogP) is 5.30. The number of thiocyanates is 1. The van der Waals surface area contributed by atoms with Crippen LogP contribution in [0.5, 0.6) is 5.75 Å². The summed E-state index contributed by atoms with van der Waals surface area (Å²) in [5.41, 5.74) is 3.33. The van der Waals surface area contributed by atoms with Gasteiger partial charge in [0, 0.05) is 16.0 Å². The van der Waals surface area contributed by atoms with E-state index in [2.05, 4.69) is 5.40 Å². The summed E-state index contributed by atoms with van der Waals surface area (Å²) in [7, 11) is 0. The van der Waals surface area contributed by atoms with Gasteiger partial charge in [-0.2, -0.15) is 5.26 Å². The van der Waals surface area contributed by atoms with Crippen molar-refractivity contribution in [3.63, 3.8) is 0 Å². The van der Waals surface area contributed by atoms with Gasteiger partial charge < -0.3 is 5.11 Å². The molecule has 0 aromatic heterocycles. The van der Waals surface area contributed by atoms with Crippen LogP contribution in [0, 0.1) is 10.7 Å². The molecule has 22 heavy (non-hydrogen) atoms. The Labute approximate surface area is 133 Å². The number of phenolic OH excluding ortho intramolecular Hbond substituents is 1. The lowest BCUT2D eigenvalue weighted by molar-refractivity contribution is 0.479. The van der Waals surface area contributed by atoms with E-state index < -0.39 is 0 Å². The largest absolute Gasteiger partial charge is 0.507 e. The third-order valence-corrected chi connectivity index (χ3v) is 3.98. The monoisotopic (exact) mass is 303 g/mol. The maximum atomic E-state index is 10.7. The molecule has 3 heteroatoms. The van der Waals surface area contributed by atoms with E-state index in [9.17, 15) is 5.11 Å². The fourth-order valence-electron chi connectivity index (χ4n) is 2.40. The van der Waals surface area contributed by atoms with Gasteiger partial charge in [-0.3, -0.25) is 0 Å². The zero-order valence-corrected chi connectivity index (χ0v) is 12.5. The number of rotatable bonds is 3. The van der Waals surface area contributed by atoms with Crippen LogP contribution in [0.4, 0.5) is 0 Å². The summed E-state index contributed by atoms with van der Waals surface area (Å²) >= 11 is 1.10. The first-order chi connectivity index (χ1) is 10.8. The highest BCUT2D eigenvalue weighted by atomic mass is 32.2. The van der Waals surface area contributed by atoms with Gasteiger partial charge in [-0.05, 0) is 35.0 Å². The summed E-state index contributed by atoms with van der Waals surface area (Å²) in [6, 6.07) is 23.1. The van der Waals surface area contributed by atoms with Gasteiger partial charge in [-0.1, -0.05) is 60.7 Å². The molecule has 0 fully saturated rings. The third kappa shape index (κ3) is 2.83. The van der Waals surface area contributed by atoms with Crippen LogP contribution >= 0.6 is 11.8 Å². The smallest absolute Gasteiger partial charge is 0.138 e. The first-order valence-corrected chi connectivity index (χ1v) is 7.65. The highest BCUT2D eigenvalue weighted by Crippen LogP contribution is 2.41. The number of thioether (sulfide) groups is 1. The minimum absolute atomic E-state index is 0.236. The minimum Gasteiger partial charge on any atom is -0.507 e. The highest BCUT2D eigenvalue weighted by Gasteiger charge is 2.13. The maximum Gasteiger partial charge on any atom is 0.138 e. The van der Waals surface area contributed by atoms with E-state index in [0.717, 1.165) is 38.9 Å². The third-order valence-electron chi connectivity index (χ3n) is 3.42.